The first kappa shape index (κ1) is 13.6. The van der Waals surface area contributed by atoms with E-state index in [1.54, 1.807) is 19.3 Å². The Morgan fingerprint density at radius 3 is 2.45 bits per heavy atom. The van der Waals surface area contributed by atoms with E-state index >= 15 is 0 Å². The van der Waals surface area contributed by atoms with E-state index in [1.165, 1.54) is 25.9 Å². The van der Waals surface area contributed by atoms with Gasteiger partial charge in [-0.3, -0.25) is 4.90 Å². The van der Waals surface area contributed by atoms with E-state index in [9.17, 15) is 0 Å². The zero-order chi connectivity index (χ0) is 13.9. The molecular formula is C18H32N2. The Balaban J connectivity index is 1.45. The van der Waals surface area contributed by atoms with E-state index in [1.807, 2.05) is 0 Å². The molecule has 0 spiro atoms. The van der Waals surface area contributed by atoms with E-state index in [0.717, 1.165) is 47.7 Å². The van der Waals surface area contributed by atoms with Gasteiger partial charge < -0.3 is 5.32 Å². The molecule has 6 unspecified atom stereocenters. The van der Waals surface area contributed by atoms with E-state index in [-0.39, 0.29) is 0 Å². The van der Waals surface area contributed by atoms with Gasteiger partial charge in [0.05, 0.1) is 0 Å². The third-order valence-electron chi connectivity index (χ3n) is 6.85. The fourth-order valence-electron chi connectivity index (χ4n) is 6.08. The first-order chi connectivity index (χ1) is 9.69. The molecule has 0 aromatic heterocycles. The summed E-state index contributed by atoms with van der Waals surface area (Å²) in [5.74, 6) is 5.28. The molecule has 4 fully saturated rings. The first-order valence-electron chi connectivity index (χ1n) is 9.18. The van der Waals surface area contributed by atoms with Crippen molar-refractivity contribution in [2.24, 2.45) is 29.6 Å². The molecule has 114 valence electrons. The maximum atomic E-state index is 3.83. The zero-order valence-electron chi connectivity index (χ0n) is 13.5. The van der Waals surface area contributed by atoms with Crippen molar-refractivity contribution in [3.05, 3.63) is 0 Å². The Morgan fingerprint density at radius 2 is 1.85 bits per heavy atom. The Labute approximate surface area is 124 Å². The van der Waals surface area contributed by atoms with Gasteiger partial charge >= 0.3 is 0 Å². The van der Waals surface area contributed by atoms with Gasteiger partial charge in [0.2, 0.25) is 0 Å². The molecule has 2 heteroatoms. The number of hydrogen-bond donors (Lipinski definition) is 1. The molecular weight excluding hydrogens is 244 g/mol. The average molecular weight is 276 g/mol. The topological polar surface area (TPSA) is 15.3 Å². The maximum Gasteiger partial charge on any atom is 0.0221 e. The summed E-state index contributed by atoms with van der Waals surface area (Å²) in [6.45, 7) is 9.68. The van der Waals surface area contributed by atoms with Crippen molar-refractivity contribution in [2.45, 2.75) is 71.0 Å². The fourth-order valence-corrected chi connectivity index (χ4v) is 6.08. The van der Waals surface area contributed by atoms with Crippen LogP contribution in [-0.2, 0) is 0 Å². The molecule has 1 aliphatic heterocycles. The van der Waals surface area contributed by atoms with Crippen molar-refractivity contribution in [2.75, 3.05) is 13.1 Å². The smallest absolute Gasteiger partial charge is 0.0221 e. The minimum absolute atomic E-state index is 0.747. The Hall–Kier alpha value is -0.0800. The van der Waals surface area contributed by atoms with Crippen molar-refractivity contribution in [1.29, 1.82) is 0 Å². The molecule has 3 saturated carbocycles. The number of piperazine rings is 1. The normalized spacial score (nSPS) is 50.7. The highest BCUT2D eigenvalue weighted by atomic mass is 15.3. The van der Waals surface area contributed by atoms with E-state index in [0.29, 0.717) is 0 Å². The predicted octanol–water partition coefficient (Wildman–Crippen LogP) is 3.13. The number of nitrogens with one attached hydrogen (secondary N) is 1. The Bertz CT molecular complexity index is 350. The second kappa shape index (κ2) is 4.98. The van der Waals surface area contributed by atoms with Crippen LogP contribution in [0.2, 0.25) is 0 Å². The van der Waals surface area contributed by atoms with E-state index < -0.39 is 0 Å². The Morgan fingerprint density at radius 1 is 1.15 bits per heavy atom. The molecule has 3 aliphatic carbocycles. The Kier molecular flexibility index (Phi) is 3.38. The van der Waals surface area contributed by atoms with Crippen LogP contribution in [0.5, 0.6) is 0 Å². The minimum Gasteiger partial charge on any atom is -0.311 e. The number of nitrogens with zero attached hydrogens (tertiary/aromatic N) is 1. The van der Waals surface area contributed by atoms with Gasteiger partial charge in [0, 0.05) is 31.2 Å². The largest absolute Gasteiger partial charge is 0.311 e. The summed E-state index contributed by atoms with van der Waals surface area (Å²) in [6, 6.07) is 2.55. The van der Waals surface area contributed by atoms with Gasteiger partial charge in [0.1, 0.15) is 0 Å². The lowest BCUT2D eigenvalue weighted by Crippen LogP contribution is -2.58. The third-order valence-corrected chi connectivity index (χ3v) is 6.85. The second-order valence-electron chi connectivity index (χ2n) is 8.47. The van der Waals surface area contributed by atoms with Gasteiger partial charge in [-0.2, -0.15) is 0 Å². The van der Waals surface area contributed by atoms with Gasteiger partial charge in [-0.05, 0) is 61.7 Å². The van der Waals surface area contributed by atoms with Crippen LogP contribution in [0.25, 0.3) is 0 Å². The van der Waals surface area contributed by atoms with Gasteiger partial charge in [-0.25, -0.2) is 0 Å². The number of fused-ring (bicyclic) bond motifs is 5. The number of rotatable bonds is 4. The summed E-state index contributed by atoms with van der Waals surface area (Å²) in [5, 5.41) is 3.83. The van der Waals surface area contributed by atoms with E-state index in [4.69, 9.17) is 0 Å². The van der Waals surface area contributed by atoms with Crippen LogP contribution in [0.3, 0.4) is 0 Å². The van der Waals surface area contributed by atoms with Crippen molar-refractivity contribution < 1.29 is 0 Å². The summed E-state index contributed by atoms with van der Waals surface area (Å²) >= 11 is 0. The fraction of sp³-hybridized carbons (Fsp3) is 1.00. The molecule has 1 heterocycles. The molecule has 2 bridgehead atoms. The van der Waals surface area contributed by atoms with Gasteiger partial charge in [-0.1, -0.05) is 20.8 Å². The molecule has 4 rings (SSSR count). The lowest BCUT2D eigenvalue weighted by atomic mass is 9.97. The predicted molar refractivity (Wildman–Crippen MR) is 83.6 cm³/mol. The molecule has 6 atom stereocenters. The van der Waals surface area contributed by atoms with Crippen molar-refractivity contribution in [1.82, 2.24) is 10.2 Å². The van der Waals surface area contributed by atoms with Crippen LogP contribution < -0.4 is 5.32 Å². The van der Waals surface area contributed by atoms with Crippen LogP contribution >= 0.6 is 0 Å². The lowest BCUT2D eigenvalue weighted by Gasteiger charge is -2.42. The molecule has 2 nitrogen and oxygen atoms in total. The van der Waals surface area contributed by atoms with Crippen LogP contribution in [0.4, 0.5) is 0 Å². The summed E-state index contributed by atoms with van der Waals surface area (Å²) in [4.78, 5) is 2.96. The molecule has 0 amide bonds. The van der Waals surface area contributed by atoms with Gasteiger partial charge in [-0.15, -0.1) is 0 Å². The van der Waals surface area contributed by atoms with Crippen molar-refractivity contribution >= 4 is 0 Å². The second-order valence-corrected chi connectivity index (χ2v) is 8.47. The quantitative estimate of drug-likeness (QED) is 0.848. The standard InChI is InChI=1S/C18H32N2/c1-4-15-9-19-14(7-11(2)3)10-20(15)18-16-12-5-6-13(8-12)17(16)18/h11-19H,4-10H2,1-3H3. The van der Waals surface area contributed by atoms with Crippen LogP contribution in [0.15, 0.2) is 0 Å². The van der Waals surface area contributed by atoms with Crippen LogP contribution in [0.1, 0.15) is 52.9 Å². The molecule has 20 heavy (non-hydrogen) atoms. The summed E-state index contributed by atoms with van der Waals surface area (Å²) in [5.41, 5.74) is 0. The van der Waals surface area contributed by atoms with Crippen LogP contribution in [0, 0.1) is 29.6 Å². The zero-order valence-corrected chi connectivity index (χ0v) is 13.5. The van der Waals surface area contributed by atoms with Gasteiger partial charge in [0.15, 0.2) is 0 Å². The third kappa shape index (κ3) is 2.06. The molecule has 4 aliphatic rings. The summed E-state index contributed by atoms with van der Waals surface area (Å²) < 4.78 is 0. The molecule has 1 N–H and O–H groups in total. The SMILES string of the molecule is CCC1CNC(CC(C)C)CN1C1C2C3CCC(C3)C21. The highest BCUT2D eigenvalue weighted by Gasteiger charge is 2.67. The summed E-state index contributed by atoms with van der Waals surface area (Å²) in [7, 11) is 0. The minimum atomic E-state index is 0.747. The highest BCUT2D eigenvalue weighted by molar-refractivity contribution is 5.18. The van der Waals surface area contributed by atoms with Gasteiger partial charge in [0.25, 0.3) is 0 Å². The van der Waals surface area contributed by atoms with E-state index in [2.05, 4.69) is 31.0 Å². The summed E-state index contributed by atoms with van der Waals surface area (Å²) in [6.07, 6.45) is 7.37. The lowest BCUT2D eigenvalue weighted by molar-refractivity contribution is 0.0916. The van der Waals surface area contributed by atoms with Crippen molar-refractivity contribution in [3.63, 3.8) is 0 Å². The first-order valence-corrected chi connectivity index (χ1v) is 9.18. The van der Waals surface area contributed by atoms with Crippen LogP contribution in [-0.4, -0.2) is 36.1 Å². The number of hydrogen-bond acceptors (Lipinski definition) is 2. The molecule has 0 aromatic rings. The monoisotopic (exact) mass is 276 g/mol. The van der Waals surface area contributed by atoms with Crippen molar-refractivity contribution in [3.8, 4) is 0 Å². The average Bonchev–Trinajstić information content (AvgIpc) is 2.85. The molecule has 1 saturated heterocycles. The molecule has 0 radical (unpaired) electrons. The molecule has 0 aromatic carbocycles. The highest BCUT2D eigenvalue weighted by Crippen LogP contribution is 2.67. The maximum absolute atomic E-state index is 3.83.